The van der Waals surface area contributed by atoms with Gasteiger partial charge in [-0.25, -0.2) is 4.39 Å². The third-order valence-electron chi connectivity index (χ3n) is 3.68. The van der Waals surface area contributed by atoms with Crippen molar-refractivity contribution < 1.29 is 4.39 Å². The molecule has 0 saturated carbocycles. The lowest BCUT2D eigenvalue weighted by molar-refractivity contribution is 0.494. The zero-order valence-electron chi connectivity index (χ0n) is 12.5. The van der Waals surface area contributed by atoms with E-state index in [9.17, 15) is 4.39 Å². The Bertz CT molecular complexity index is 598. The van der Waals surface area contributed by atoms with E-state index in [1.807, 2.05) is 24.3 Å². The first-order chi connectivity index (χ1) is 10.1. The standard InChI is InChI=1S/C18H21BrFN/c1-3-11-21-17(12-14-8-5-4-7-13(14)2)15-9-6-10-16(19)18(15)20/h4-10,17,21H,3,11-12H2,1-2H3. The summed E-state index contributed by atoms with van der Waals surface area (Å²) < 4.78 is 14.9. The van der Waals surface area contributed by atoms with Crippen molar-refractivity contribution in [1.29, 1.82) is 0 Å². The third-order valence-corrected chi connectivity index (χ3v) is 4.30. The molecule has 0 aliphatic carbocycles. The molecule has 1 nitrogen and oxygen atoms in total. The summed E-state index contributed by atoms with van der Waals surface area (Å²) in [5.74, 6) is -0.167. The Balaban J connectivity index is 2.30. The van der Waals surface area contributed by atoms with E-state index in [1.54, 1.807) is 6.07 Å². The summed E-state index contributed by atoms with van der Waals surface area (Å²) >= 11 is 3.28. The monoisotopic (exact) mass is 349 g/mol. The van der Waals surface area contributed by atoms with Gasteiger partial charge in [0.2, 0.25) is 0 Å². The van der Waals surface area contributed by atoms with Crippen molar-refractivity contribution in [2.24, 2.45) is 0 Å². The van der Waals surface area contributed by atoms with Crippen LogP contribution >= 0.6 is 15.9 Å². The SMILES string of the molecule is CCCNC(Cc1ccccc1C)c1cccc(Br)c1F. The van der Waals surface area contributed by atoms with Gasteiger partial charge in [0.25, 0.3) is 0 Å². The van der Waals surface area contributed by atoms with Crippen LogP contribution in [0.1, 0.15) is 36.1 Å². The quantitative estimate of drug-likeness (QED) is 0.757. The highest BCUT2D eigenvalue weighted by Crippen LogP contribution is 2.27. The van der Waals surface area contributed by atoms with E-state index in [2.05, 4.69) is 47.2 Å². The Hall–Kier alpha value is -1.19. The number of nitrogens with one attached hydrogen (secondary N) is 1. The minimum absolute atomic E-state index is 0.0106. The molecule has 0 aromatic heterocycles. The van der Waals surface area contributed by atoms with E-state index in [4.69, 9.17) is 0 Å². The van der Waals surface area contributed by atoms with Crippen molar-refractivity contribution in [2.45, 2.75) is 32.7 Å². The van der Waals surface area contributed by atoms with Gasteiger partial charge in [-0.15, -0.1) is 0 Å². The van der Waals surface area contributed by atoms with E-state index in [0.29, 0.717) is 4.47 Å². The molecule has 2 aromatic carbocycles. The van der Waals surface area contributed by atoms with Crippen molar-refractivity contribution in [3.63, 3.8) is 0 Å². The molecule has 2 rings (SSSR count). The van der Waals surface area contributed by atoms with Gasteiger partial charge in [-0.3, -0.25) is 0 Å². The second-order valence-corrected chi connectivity index (χ2v) is 6.13. The molecule has 0 aliphatic rings. The molecule has 0 spiro atoms. The van der Waals surface area contributed by atoms with Gasteiger partial charge in [0, 0.05) is 11.6 Å². The predicted molar refractivity (Wildman–Crippen MR) is 90.0 cm³/mol. The molecule has 0 radical (unpaired) electrons. The van der Waals surface area contributed by atoms with Gasteiger partial charge >= 0.3 is 0 Å². The molecule has 0 bridgehead atoms. The van der Waals surface area contributed by atoms with Crippen molar-refractivity contribution in [2.75, 3.05) is 6.54 Å². The number of benzene rings is 2. The molecule has 1 unspecified atom stereocenters. The number of rotatable bonds is 6. The van der Waals surface area contributed by atoms with Crippen LogP contribution in [0.15, 0.2) is 46.9 Å². The van der Waals surface area contributed by atoms with Gasteiger partial charge in [-0.1, -0.05) is 43.3 Å². The molecule has 0 saturated heterocycles. The Labute approximate surface area is 134 Å². The van der Waals surface area contributed by atoms with Crippen LogP contribution in [0.25, 0.3) is 0 Å². The average molecular weight is 350 g/mol. The Kier molecular flexibility index (Phi) is 5.95. The van der Waals surface area contributed by atoms with Crippen LogP contribution < -0.4 is 5.32 Å². The average Bonchev–Trinajstić information content (AvgIpc) is 2.48. The fourth-order valence-corrected chi connectivity index (χ4v) is 2.84. The molecule has 21 heavy (non-hydrogen) atoms. The summed E-state index contributed by atoms with van der Waals surface area (Å²) in [5.41, 5.74) is 3.22. The highest BCUT2D eigenvalue weighted by molar-refractivity contribution is 9.10. The minimum atomic E-state index is -0.167. The maximum atomic E-state index is 14.4. The molecule has 0 aliphatic heterocycles. The van der Waals surface area contributed by atoms with Gasteiger partial charge < -0.3 is 5.32 Å². The largest absolute Gasteiger partial charge is 0.310 e. The number of halogens is 2. The first-order valence-corrected chi connectivity index (χ1v) is 8.14. The first-order valence-electron chi connectivity index (χ1n) is 7.35. The van der Waals surface area contributed by atoms with Gasteiger partial charge in [-0.05, 0) is 59.4 Å². The summed E-state index contributed by atoms with van der Waals surface area (Å²) in [6.45, 7) is 5.10. The lowest BCUT2D eigenvalue weighted by Crippen LogP contribution is -2.25. The van der Waals surface area contributed by atoms with E-state index in [-0.39, 0.29) is 11.9 Å². The van der Waals surface area contributed by atoms with Crippen LogP contribution in [-0.4, -0.2) is 6.54 Å². The normalized spacial score (nSPS) is 12.4. The zero-order valence-corrected chi connectivity index (χ0v) is 14.1. The smallest absolute Gasteiger partial charge is 0.142 e. The van der Waals surface area contributed by atoms with Crippen LogP contribution in [0, 0.1) is 12.7 Å². The minimum Gasteiger partial charge on any atom is -0.310 e. The highest BCUT2D eigenvalue weighted by Gasteiger charge is 2.17. The summed E-state index contributed by atoms with van der Waals surface area (Å²) in [4.78, 5) is 0. The summed E-state index contributed by atoms with van der Waals surface area (Å²) in [6.07, 6.45) is 1.82. The summed E-state index contributed by atoms with van der Waals surface area (Å²) in [7, 11) is 0. The van der Waals surface area contributed by atoms with E-state index in [1.165, 1.54) is 11.1 Å². The second-order valence-electron chi connectivity index (χ2n) is 5.28. The molecular weight excluding hydrogens is 329 g/mol. The van der Waals surface area contributed by atoms with Crippen LogP contribution in [0.4, 0.5) is 4.39 Å². The highest BCUT2D eigenvalue weighted by atomic mass is 79.9. The van der Waals surface area contributed by atoms with Gasteiger partial charge in [-0.2, -0.15) is 0 Å². The Morgan fingerprint density at radius 2 is 1.90 bits per heavy atom. The topological polar surface area (TPSA) is 12.0 Å². The van der Waals surface area contributed by atoms with E-state index in [0.717, 1.165) is 24.9 Å². The molecule has 0 heterocycles. The second kappa shape index (κ2) is 7.71. The molecular formula is C18H21BrFN. The maximum Gasteiger partial charge on any atom is 0.142 e. The lowest BCUT2D eigenvalue weighted by Gasteiger charge is -2.21. The molecule has 0 fully saturated rings. The van der Waals surface area contributed by atoms with Crippen molar-refractivity contribution in [3.05, 3.63) is 69.4 Å². The summed E-state index contributed by atoms with van der Waals surface area (Å²) in [5, 5.41) is 3.47. The van der Waals surface area contributed by atoms with E-state index < -0.39 is 0 Å². The predicted octanol–water partition coefficient (Wildman–Crippen LogP) is 5.18. The molecule has 1 atom stereocenters. The molecule has 0 amide bonds. The van der Waals surface area contributed by atoms with Gasteiger partial charge in [0.05, 0.1) is 4.47 Å². The fourth-order valence-electron chi connectivity index (χ4n) is 2.46. The Morgan fingerprint density at radius 3 is 2.62 bits per heavy atom. The zero-order chi connectivity index (χ0) is 15.2. The van der Waals surface area contributed by atoms with Crippen LogP contribution in [0.3, 0.4) is 0 Å². The molecule has 1 N–H and O–H groups in total. The van der Waals surface area contributed by atoms with Crippen molar-refractivity contribution >= 4 is 15.9 Å². The van der Waals surface area contributed by atoms with Crippen LogP contribution in [0.5, 0.6) is 0 Å². The fraction of sp³-hybridized carbons (Fsp3) is 0.333. The maximum absolute atomic E-state index is 14.4. The number of hydrogen-bond donors (Lipinski definition) is 1. The van der Waals surface area contributed by atoms with Gasteiger partial charge in [0.1, 0.15) is 5.82 Å². The molecule has 112 valence electrons. The van der Waals surface area contributed by atoms with Crippen LogP contribution in [-0.2, 0) is 6.42 Å². The van der Waals surface area contributed by atoms with Crippen LogP contribution in [0.2, 0.25) is 0 Å². The molecule has 2 aromatic rings. The Morgan fingerprint density at radius 1 is 1.14 bits per heavy atom. The van der Waals surface area contributed by atoms with Crippen molar-refractivity contribution in [1.82, 2.24) is 5.32 Å². The lowest BCUT2D eigenvalue weighted by atomic mass is 9.95. The van der Waals surface area contributed by atoms with Gasteiger partial charge in [0.15, 0.2) is 0 Å². The first kappa shape index (κ1) is 16.2. The van der Waals surface area contributed by atoms with Crippen molar-refractivity contribution in [3.8, 4) is 0 Å². The van der Waals surface area contributed by atoms with E-state index >= 15 is 0 Å². The summed E-state index contributed by atoms with van der Waals surface area (Å²) in [6, 6.07) is 13.8. The number of hydrogen-bond acceptors (Lipinski definition) is 1. The molecule has 3 heteroatoms. The third kappa shape index (κ3) is 4.14. The number of aryl methyl sites for hydroxylation is 1.